The molecule has 0 radical (unpaired) electrons. The molecule has 1 aliphatic heterocycles. The Morgan fingerprint density at radius 2 is 2.21 bits per heavy atom. The van der Waals surface area contributed by atoms with E-state index in [1.54, 1.807) is 14.2 Å². The van der Waals surface area contributed by atoms with Crippen molar-refractivity contribution in [1.29, 1.82) is 0 Å². The number of nitrogens with zero attached hydrogens (tertiary/aromatic N) is 3. The van der Waals surface area contributed by atoms with E-state index < -0.39 is 0 Å². The number of ether oxygens (including phenoxy) is 1. The van der Waals surface area contributed by atoms with Crippen LogP contribution < -0.4 is 10.6 Å². The van der Waals surface area contributed by atoms with E-state index in [1.807, 2.05) is 13.8 Å². The molecule has 0 amide bonds. The van der Waals surface area contributed by atoms with Crippen molar-refractivity contribution in [3.8, 4) is 0 Å². The van der Waals surface area contributed by atoms with Gasteiger partial charge in [0.25, 0.3) is 0 Å². The lowest BCUT2D eigenvalue weighted by Crippen LogP contribution is -2.45. The van der Waals surface area contributed by atoms with Crippen molar-refractivity contribution in [2.45, 2.75) is 39.3 Å². The van der Waals surface area contributed by atoms with E-state index in [9.17, 15) is 0 Å². The lowest BCUT2D eigenvalue weighted by Gasteiger charge is -2.25. The van der Waals surface area contributed by atoms with Gasteiger partial charge in [0.05, 0.1) is 18.8 Å². The molecule has 0 saturated carbocycles. The lowest BCUT2D eigenvalue weighted by atomic mass is 10.2. The molecule has 1 saturated heterocycles. The fraction of sp³-hybridized carbons (Fsp3) is 0.750. The highest BCUT2D eigenvalue weighted by atomic mass is 127. The molecular weight excluding hydrogens is 421 g/mol. The van der Waals surface area contributed by atoms with Gasteiger partial charge in [0.1, 0.15) is 5.76 Å². The van der Waals surface area contributed by atoms with Crippen LogP contribution in [0.2, 0.25) is 0 Å². The van der Waals surface area contributed by atoms with Gasteiger partial charge in [-0.15, -0.1) is 24.0 Å². The van der Waals surface area contributed by atoms with Crippen LogP contribution in [0, 0.1) is 13.8 Å². The number of aromatic nitrogens is 1. The highest BCUT2D eigenvalue weighted by molar-refractivity contribution is 14.0. The van der Waals surface area contributed by atoms with Gasteiger partial charge in [-0.1, -0.05) is 0 Å². The molecule has 1 fully saturated rings. The molecule has 0 bridgehead atoms. The summed E-state index contributed by atoms with van der Waals surface area (Å²) in [5.74, 6) is 2.33. The van der Waals surface area contributed by atoms with Crippen LogP contribution in [0.1, 0.15) is 30.2 Å². The van der Waals surface area contributed by atoms with Gasteiger partial charge in [0.15, 0.2) is 5.96 Å². The van der Waals surface area contributed by atoms with E-state index in [1.165, 1.54) is 12.8 Å². The maximum atomic E-state index is 5.57. The van der Waals surface area contributed by atoms with Gasteiger partial charge in [0, 0.05) is 33.3 Å². The number of guanidine groups is 1. The Balaban J connectivity index is 0.00000288. The number of rotatable bonds is 7. The summed E-state index contributed by atoms with van der Waals surface area (Å²) in [6.45, 7) is 8.21. The van der Waals surface area contributed by atoms with Crippen molar-refractivity contribution < 1.29 is 9.15 Å². The first-order valence-corrected chi connectivity index (χ1v) is 8.24. The quantitative estimate of drug-likeness (QED) is 0.374. The van der Waals surface area contributed by atoms with Gasteiger partial charge in [-0.2, -0.15) is 0 Å². The molecule has 1 atom stereocenters. The number of methoxy groups -OCH3 is 1. The highest BCUT2D eigenvalue weighted by Gasteiger charge is 2.23. The van der Waals surface area contributed by atoms with E-state index in [0.717, 1.165) is 43.7 Å². The second-order valence-electron chi connectivity index (χ2n) is 5.88. The monoisotopic (exact) mass is 451 g/mol. The SMILES string of the molecule is CN=C(NCc1nc(C)c(C)o1)NCC1CCCN1CCOC.I. The van der Waals surface area contributed by atoms with Crippen molar-refractivity contribution in [3.63, 3.8) is 0 Å². The number of aliphatic imine (C=N–C) groups is 1. The Hall–Kier alpha value is -0.870. The Morgan fingerprint density at radius 1 is 1.42 bits per heavy atom. The zero-order chi connectivity index (χ0) is 16.7. The number of hydrogen-bond acceptors (Lipinski definition) is 5. The summed E-state index contributed by atoms with van der Waals surface area (Å²) in [5, 5.41) is 6.64. The van der Waals surface area contributed by atoms with Crippen LogP contribution in [0.15, 0.2) is 9.41 Å². The predicted molar refractivity (Wildman–Crippen MR) is 106 cm³/mol. The third kappa shape index (κ3) is 6.21. The van der Waals surface area contributed by atoms with Crippen molar-refractivity contribution in [1.82, 2.24) is 20.5 Å². The maximum Gasteiger partial charge on any atom is 0.214 e. The average Bonchev–Trinajstić information content (AvgIpc) is 3.12. The van der Waals surface area contributed by atoms with E-state index in [2.05, 4.69) is 25.5 Å². The fourth-order valence-electron chi connectivity index (χ4n) is 2.84. The third-order valence-electron chi connectivity index (χ3n) is 4.29. The van der Waals surface area contributed by atoms with Crippen LogP contribution in [0.5, 0.6) is 0 Å². The summed E-state index contributed by atoms with van der Waals surface area (Å²) in [7, 11) is 3.53. The smallest absolute Gasteiger partial charge is 0.214 e. The second kappa shape index (κ2) is 10.9. The van der Waals surface area contributed by atoms with Gasteiger partial charge in [-0.05, 0) is 33.2 Å². The minimum absolute atomic E-state index is 0. The van der Waals surface area contributed by atoms with E-state index >= 15 is 0 Å². The number of likely N-dealkylation sites (tertiary alicyclic amines) is 1. The molecule has 2 heterocycles. The second-order valence-corrected chi connectivity index (χ2v) is 5.88. The van der Waals surface area contributed by atoms with Crippen LogP contribution in [0.3, 0.4) is 0 Å². The molecule has 1 aliphatic rings. The minimum Gasteiger partial charge on any atom is -0.444 e. The van der Waals surface area contributed by atoms with Gasteiger partial charge in [0.2, 0.25) is 5.89 Å². The summed E-state index contributed by atoms with van der Waals surface area (Å²) in [6, 6.07) is 0.537. The van der Waals surface area contributed by atoms with Gasteiger partial charge >= 0.3 is 0 Å². The molecule has 0 aliphatic carbocycles. The van der Waals surface area contributed by atoms with Gasteiger partial charge < -0.3 is 19.8 Å². The Morgan fingerprint density at radius 3 is 2.83 bits per heavy atom. The lowest BCUT2D eigenvalue weighted by molar-refractivity contribution is 0.141. The first-order valence-electron chi connectivity index (χ1n) is 8.24. The first kappa shape index (κ1) is 21.2. The fourth-order valence-corrected chi connectivity index (χ4v) is 2.84. The van der Waals surface area contributed by atoms with Crippen LogP contribution in [0.4, 0.5) is 0 Å². The summed E-state index contributed by atoms with van der Waals surface area (Å²) >= 11 is 0. The van der Waals surface area contributed by atoms with E-state index in [4.69, 9.17) is 9.15 Å². The van der Waals surface area contributed by atoms with Crippen LogP contribution in [-0.4, -0.2) is 62.3 Å². The zero-order valence-electron chi connectivity index (χ0n) is 15.1. The number of nitrogens with one attached hydrogen (secondary N) is 2. The number of aryl methyl sites for hydroxylation is 2. The molecule has 1 unspecified atom stereocenters. The zero-order valence-corrected chi connectivity index (χ0v) is 17.4. The van der Waals surface area contributed by atoms with Gasteiger partial charge in [-0.3, -0.25) is 9.89 Å². The average molecular weight is 451 g/mol. The largest absolute Gasteiger partial charge is 0.444 e. The maximum absolute atomic E-state index is 5.57. The number of hydrogen-bond donors (Lipinski definition) is 2. The molecular formula is C16H30IN5O2. The standard InChI is InChI=1S/C16H29N5O2.HI/c1-12-13(2)23-15(20-12)11-19-16(17-3)18-10-14-6-5-7-21(14)8-9-22-4;/h14H,5-11H2,1-4H3,(H2,17,18,19);1H. The van der Waals surface area contributed by atoms with E-state index in [0.29, 0.717) is 18.5 Å². The van der Waals surface area contributed by atoms with Crippen molar-refractivity contribution >= 4 is 29.9 Å². The third-order valence-corrected chi connectivity index (χ3v) is 4.29. The highest BCUT2D eigenvalue weighted by Crippen LogP contribution is 2.15. The topological polar surface area (TPSA) is 74.9 Å². The van der Waals surface area contributed by atoms with Crippen molar-refractivity contribution in [2.75, 3.05) is 40.4 Å². The Bertz CT molecular complexity index is 501. The minimum atomic E-state index is 0. The molecule has 2 N–H and O–H groups in total. The molecule has 8 heteroatoms. The Kier molecular flexibility index (Phi) is 9.60. The molecule has 138 valence electrons. The molecule has 0 aromatic carbocycles. The number of halogens is 1. The summed E-state index contributed by atoms with van der Waals surface area (Å²) < 4.78 is 10.8. The summed E-state index contributed by atoms with van der Waals surface area (Å²) in [6.07, 6.45) is 2.46. The van der Waals surface area contributed by atoms with Crippen molar-refractivity contribution in [2.24, 2.45) is 4.99 Å². The molecule has 7 nitrogen and oxygen atoms in total. The molecule has 1 aromatic rings. The summed E-state index contributed by atoms with van der Waals surface area (Å²) in [5.41, 5.74) is 0.935. The molecule has 0 spiro atoms. The molecule has 2 rings (SSSR count). The Labute approximate surface area is 161 Å². The first-order chi connectivity index (χ1) is 11.1. The number of oxazole rings is 1. The normalized spacial score (nSPS) is 18.5. The van der Waals surface area contributed by atoms with Crippen molar-refractivity contribution in [3.05, 3.63) is 17.3 Å². The molecule has 1 aromatic heterocycles. The van der Waals surface area contributed by atoms with Crippen LogP contribution >= 0.6 is 24.0 Å². The van der Waals surface area contributed by atoms with Crippen LogP contribution in [-0.2, 0) is 11.3 Å². The van der Waals surface area contributed by atoms with Crippen LogP contribution in [0.25, 0.3) is 0 Å². The molecule has 24 heavy (non-hydrogen) atoms. The van der Waals surface area contributed by atoms with E-state index in [-0.39, 0.29) is 24.0 Å². The van der Waals surface area contributed by atoms with Gasteiger partial charge in [-0.25, -0.2) is 4.98 Å². The predicted octanol–water partition coefficient (Wildman–Crippen LogP) is 1.69. The summed E-state index contributed by atoms with van der Waals surface area (Å²) in [4.78, 5) is 11.1.